The third-order valence-electron chi connectivity index (χ3n) is 10.7. The molecule has 3 aliphatic heterocycles. The number of carboxylic acid groups (broad SMARTS) is 1. The fraction of sp³-hybridized carbons (Fsp3) is 0.514. The Bertz CT molecular complexity index is 1840. The van der Waals surface area contributed by atoms with Crippen molar-refractivity contribution in [2.24, 2.45) is 11.8 Å². The van der Waals surface area contributed by atoms with Crippen LogP contribution in [0.4, 0.5) is 38.0 Å². The number of alkyl halides is 4. The van der Waals surface area contributed by atoms with Crippen molar-refractivity contribution in [2.45, 2.75) is 69.9 Å². The summed E-state index contributed by atoms with van der Waals surface area (Å²) in [5.74, 6) is -6.40. The van der Waals surface area contributed by atoms with Gasteiger partial charge in [-0.05, 0) is 55.0 Å². The van der Waals surface area contributed by atoms with Crippen molar-refractivity contribution in [3.63, 3.8) is 0 Å². The van der Waals surface area contributed by atoms with E-state index in [1.165, 1.54) is 23.0 Å². The Balaban J connectivity index is 1.26. The van der Waals surface area contributed by atoms with Crippen LogP contribution < -0.4 is 10.2 Å². The van der Waals surface area contributed by atoms with Gasteiger partial charge in [0.2, 0.25) is 17.5 Å². The largest absolute Gasteiger partial charge is 0.481 e. The summed E-state index contributed by atoms with van der Waals surface area (Å²) in [6.07, 6.45) is 0.00692. The minimum Gasteiger partial charge on any atom is -0.481 e. The molecule has 6 rings (SSSR count). The molecule has 3 fully saturated rings. The van der Waals surface area contributed by atoms with E-state index in [0.717, 1.165) is 24.3 Å². The summed E-state index contributed by atoms with van der Waals surface area (Å²) in [5, 5.41) is 12.1. The second-order valence-corrected chi connectivity index (χ2v) is 14.5. The van der Waals surface area contributed by atoms with Crippen LogP contribution in [0.25, 0.3) is 0 Å². The molecule has 3 aliphatic rings. The number of halogens is 6. The minimum absolute atomic E-state index is 0.00638. The number of likely N-dealkylation sites (tertiary alicyclic amines) is 2. The molecule has 3 atom stereocenters. The molecule has 0 saturated carbocycles. The molecule has 0 unspecified atom stereocenters. The van der Waals surface area contributed by atoms with Crippen LogP contribution in [0.1, 0.15) is 62.1 Å². The van der Waals surface area contributed by atoms with E-state index in [9.17, 15) is 37.1 Å². The van der Waals surface area contributed by atoms with E-state index in [0.29, 0.717) is 56.9 Å². The lowest BCUT2D eigenvalue weighted by Crippen LogP contribution is -2.49. The van der Waals surface area contributed by atoms with E-state index < -0.39 is 59.3 Å². The number of carboxylic acids is 1. The fourth-order valence-corrected chi connectivity index (χ4v) is 7.82. The van der Waals surface area contributed by atoms with Gasteiger partial charge >= 0.3 is 12.1 Å². The monoisotopic (exact) mass is 748 g/mol. The first-order chi connectivity index (χ1) is 25.0. The molecule has 2 amide bonds. The number of nitrogens with zero attached hydrogens (tertiary/aromatic N) is 5. The van der Waals surface area contributed by atoms with Crippen LogP contribution in [0.3, 0.4) is 0 Å². The zero-order valence-electron chi connectivity index (χ0n) is 29.4. The molecule has 10 nitrogen and oxygen atoms in total. The highest BCUT2D eigenvalue weighted by molar-refractivity contribution is 5.97. The number of aliphatic carboxylic acids is 1. The summed E-state index contributed by atoms with van der Waals surface area (Å²) in [6, 6.07) is 5.75. The van der Waals surface area contributed by atoms with Crippen LogP contribution in [-0.2, 0) is 27.1 Å². The minimum atomic E-state index is -4.66. The van der Waals surface area contributed by atoms with Crippen LogP contribution in [-0.4, -0.2) is 93.2 Å². The number of aromatic nitrogens is 2. The van der Waals surface area contributed by atoms with Gasteiger partial charge in [0.1, 0.15) is 11.6 Å². The molecule has 53 heavy (non-hydrogen) atoms. The Morgan fingerprint density at radius 1 is 1.02 bits per heavy atom. The molecule has 1 aromatic heterocycles. The molecule has 16 heteroatoms. The molecule has 0 spiro atoms. The van der Waals surface area contributed by atoms with Gasteiger partial charge in [0, 0.05) is 81.3 Å². The van der Waals surface area contributed by atoms with Gasteiger partial charge in [0.15, 0.2) is 0 Å². The number of anilines is 2. The van der Waals surface area contributed by atoms with Crippen LogP contribution >= 0.6 is 0 Å². The number of piperidine rings is 2. The summed E-state index contributed by atoms with van der Waals surface area (Å²) < 4.78 is 89.3. The predicted octanol–water partition coefficient (Wildman–Crippen LogP) is 5.92. The number of nitrogens with one attached hydrogen (secondary N) is 1. The maximum atomic E-state index is 17.4. The molecule has 3 saturated heterocycles. The topological polar surface area (TPSA) is 111 Å². The zero-order valence-corrected chi connectivity index (χ0v) is 29.4. The van der Waals surface area contributed by atoms with Crippen molar-refractivity contribution in [1.29, 1.82) is 0 Å². The number of imidazole rings is 1. The van der Waals surface area contributed by atoms with Crippen LogP contribution in [0, 0.1) is 23.5 Å². The van der Waals surface area contributed by atoms with Crippen LogP contribution in [0.15, 0.2) is 48.8 Å². The van der Waals surface area contributed by atoms with Crippen molar-refractivity contribution in [3.05, 3.63) is 77.1 Å². The highest BCUT2D eigenvalue weighted by Gasteiger charge is 2.56. The second kappa shape index (κ2) is 15.0. The predicted molar refractivity (Wildman–Crippen MR) is 183 cm³/mol. The molecule has 4 heterocycles. The van der Waals surface area contributed by atoms with Gasteiger partial charge in [-0.3, -0.25) is 24.6 Å². The maximum absolute atomic E-state index is 17.4. The molecule has 0 aliphatic carbocycles. The van der Waals surface area contributed by atoms with E-state index in [1.54, 1.807) is 14.7 Å². The standard InChI is InChI=1S/C37H42F6N6O4/c1-22(2)32(50)46-13-9-27(10-14-46)49-20-29(28-8-7-26(38)17-30(28)39)36(40,21-49)34(53)45-35-44-11-15-48(35)18-23-5-6-25(37(41,42)43)16-31(23)47-12-3-4-24(19-47)33(51)52/h5-8,11,15-17,22,24,27,29H,3-4,9-10,12-14,18-21H2,1-2H3,(H,51,52)(H,44,45,53)/t24-,29+,36+/m1/s1. The van der Waals surface area contributed by atoms with E-state index in [1.807, 2.05) is 13.8 Å². The van der Waals surface area contributed by atoms with Gasteiger partial charge in [0.25, 0.3) is 5.91 Å². The number of benzene rings is 2. The van der Waals surface area contributed by atoms with E-state index >= 15 is 8.78 Å². The van der Waals surface area contributed by atoms with Crippen LogP contribution in [0.2, 0.25) is 0 Å². The zero-order chi connectivity index (χ0) is 38.2. The Morgan fingerprint density at radius 3 is 2.42 bits per heavy atom. The quantitative estimate of drug-likeness (QED) is 0.262. The smallest absolute Gasteiger partial charge is 0.416 e. The maximum Gasteiger partial charge on any atom is 0.416 e. The van der Waals surface area contributed by atoms with Crippen molar-refractivity contribution < 1.29 is 45.8 Å². The third-order valence-corrected chi connectivity index (χ3v) is 10.7. The van der Waals surface area contributed by atoms with Gasteiger partial charge < -0.3 is 19.5 Å². The van der Waals surface area contributed by atoms with Crippen molar-refractivity contribution in [1.82, 2.24) is 19.4 Å². The fourth-order valence-electron chi connectivity index (χ4n) is 7.82. The number of carbonyl (C=O) groups excluding carboxylic acids is 2. The lowest BCUT2D eigenvalue weighted by Gasteiger charge is -2.37. The van der Waals surface area contributed by atoms with Gasteiger partial charge in [-0.15, -0.1) is 0 Å². The number of carbonyl (C=O) groups is 3. The Labute approximate surface area is 302 Å². The molecule has 2 N–H and O–H groups in total. The van der Waals surface area contributed by atoms with E-state index in [4.69, 9.17) is 0 Å². The van der Waals surface area contributed by atoms with Crippen molar-refractivity contribution >= 4 is 29.4 Å². The average Bonchev–Trinajstić information content (AvgIpc) is 3.71. The van der Waals surface area contributed by atoms with E-state index in [-0.39, 0.29) is 54.7 Å². The summed E-state index contributed by atoms with van der Waals surface area (Å²) in [4.78, 5) is 47.6. The molecule has 2 aromatic carbocycles. The van der Waals surface area contributed by atoms with Crippen LogP contribution in [0.5, 0.6) is 0 Å². The van der Waals surface area contributed by atoms with E-state index in [2.05, 4.69) is 10.3 Å². The van der Waals surface area contributed by atoms with Crippen molar-refractivity contribution in [3.8, 4) is 0 Å². The first-order valence-electron chi connectivity index (χ1n) is 17.7. The SMILES string of the molecule is CC(C)C(=O)N1CCC(N2C[C@@H](c3ccc(F)cc3F)[C@](F)(C(=O)Nc3nccn3Cc3ccc(C(F)(F)F)cc3N3CCC[C@@H](C(=O)O)C3)C2)CC1. The Hall–Kier alpha value is -4.60. The first kappa shape index (κ1) is 38.1. The lowest BCUT2D eigenvalue weighted by molar-refractivity contribution is -0.142. The number of hydrogen-bond acceptors (Lipinski definition) is 6. The molecule has 286 valence electrons. The summed E-state index contributed by atoms with van der Waals surface area (Å²) >= 11 is 0. The molecule has 0 radical (unpaired) electrons. The van der Waals surface area contributed by atoms with Gasteiger partial charge in [-0.25, -0.2) is 18.2 Å². The molecular weight excluding hydrogens is 706 g/mol. The summed E-state index contributed by atoms with van der Waals surface area (Å²) in [6.45, 7) is 4.28. The third kappa shape index (κ3) is 8.02. The highest BCUT2D eigenvalue weighted by Crippen LogP contribution is 2.43. The second-order valence-electron chi connectivity index (χ2n) is 14.5. The lowest BCUT2D eigenvalue weighted by atomic mass is 9.85. The number of hydrogen-bond donors (Lipinski definition) is 2. The number of rotatable bonds is 9. The molecular formula is C37H42F6N6O4. The summed E-state index contributed by atoms with van der Waals surface area (Å²) in [5.41, 5.74) is -3.22. The van der Waals surface area contributed by atoms with Gasteiger partial charge in [0.05, 0.1) is 18.0 Å². The highest BCUT2D eigenvalue weighted by atomic mass is 19.4. The van der Waals surface area contributed by atoms with Gasteiger partial charge in [-0.1, -0.05) is 26.0 Å². The Kier molecular flexibility index (Phi) is 10.8. The first-order valence-corrected chi connectivity index (χ1v) is 17.7. The Morgan fingerprint density at radius 2 is 1.75 bits per heavy atom. The normalized spacial score (nSPS) is 23.1. The molecule has 3 aromatic rings. The summed E-state index contributed by atoms with van der Waals surface area (Å²) in [7, 11) is 0. The number of amides is 2. The van der Waals surface area contributed by atoms with Gasteiger partial charge in [-0.2, -0.15) is 13.2 Å². The molecule has 0 bridgehead atoms. The van der Waals surface area contributed by atoms with Crippen molar-refractivity contribution in [2.75, 3.05) is 49.5 Å². The average molecular weight is 749 g/mol.